The SMILES string of the molecule is O=C(Cc1ccc(-n2cnnn2)cc1)Nc1ccnn1Cc1ccccc1. The smallest absolute Gasteiger partial charge is 0.229 e. The largest absolute Gasteiger partial charge is 0.311 e. The van der Waals surface area contributed by atoms with Gasteiger partial charge >= 0.3 is 0 Å². The summed E-state index contributed by atoms with van der Waals surface area (Å²) in [6.07, 6.45) is 3.47. The number of hydrogen-bond acceptors (Lipinski definition) is 5. The summed E-state index contributed by atoms with van der Waals surface area (Å²) in [5.41, 5.74) is 2.86. The number of rotatable bonds is 6. The normalized spacial score (nSPS) is 10.7. The van der Waals surface area contributed by atoms with Gasteiger partial charge in [-0.2, -0.15) is 5.10 Å². The van der Waals surface area contributed by atoms with Crippen LogP contribution < -0.4 is 5.32 Å². The molecule has 8 nitrogen and oxygen atoms in total. The number of aromatic nitrogens is 6. The van der Waals surface area contributed by atoms with Crippen LogP contribution in [0.15, 0.2) is 73.2 Å². The van der Waals surface area contributed by atoms with Crippen LogP contribution in [0.4, 0.5) is 5.82 Å². The molecule has 4 aromatic rings. The van der Waals surface area contributed by atoms with Crippen molar-refractivity contribution >= 4 is 11.7 Å². The molecule has 2 aromatic carbocycles. The van der Waals surface area contributed by atoms with Gasteiger partial charge in [-0.15, -0.1) is 5.10 Å². The molecule has 0 aliphatic heterocycles. The van der Waals surface area contributed by atoms with Crippen LogP contribution in [-0.4, -0.2) is 35.9 Å². The summed E-state index contributed by atoms with van der Waals surface area (Å²) in [5, 5.41) is 18.3. The van der Waals surface area contributed by atoms with Crippen molar-refractivity contribution < 1.29 is 4.79 Å². The first-order valence-electron chi connectivity index (χ1n) is 8.46. The molecule has 0 saturated carbocycles. The molecule has 0 aliphatic carbocycles. The van der Waals surface area contributed by atoms with Crippen molar-refractivity contribution in [1.82, 2.24) is 30.0 Å². The molecule has 2 aromatic heterocycles. The summed E-state index contributed by atoms with van der Waals surface area (Å²) >= 11 is 0. The van der Waals surface area contributed by atoms with Crippen molar-refractivity contribution in [2.24, 2.45) is 0 Å². The average molecular weight is 359 g/mol. The Morgan fingerprint density at radius 1 is 0.963 bits per heavy atom. The molecule has 1 N–H and O–H groups in total. The van der Waals surface area contributed by atoms with Crippen LogP contribution in [0.1, 0.15) is 11.1 Å². The first-order chi connectivity index (χ1) is 13.3. The van der Waals surface area contributed by atoms with Crippen LogP contribution in [0.5, 0.6) is 0 Å². The molecule has 0 radical (unpaired) electrons. The number of benzene rings is 2. The Balaban J connectivity index is 1.39. The summed E-state index contributed by atoms with van der Waals surface area (Å²) < 4.78 is 3.33. The minimum atomic E-state index is -0.0972. The van der Waals surface area contributed by atoms with E-state index in [0.29, 0.717) is 12.4 Å². The minimum absolute atomic E-state index is 0.0972. The Kier molecular flexibility index (Phi) is 4.69. The van der Waals surface area contributed by atoms with Gasteiger partial charge in [-0.1, -0.05) is 42.5 Å². The predicted molar refractivity (Wildman–Crippen MR) is 99.3 cm³/mol. The van der Waals surface area contributed by atoms with Crippen LogP contribution in [-0.2, 0) is 17.8 Å². The zero-order chi connectivity index (χ0) is 18.5. The summed E-state index contributed by atoms with van der Waals surface area (Å²) in [6.45, 7) is 0.601. The number of nitrogens with one attached hydrogen (secondary N) is 1. The molecule has 1 amide bonds. The van der Waals surface area contributed by atoms with Crippen LogP contribution in [0, 0.1) is 0 Å². The highest BCUT2D eigenvalue weighted by molar-refractivity contribution is 5.91. The summed E-state index contributed by atoms with van der Waals surface area (Å²) in [6, 6.07) is 19.3. The molecule has 0 unspecified atom stereocenters. The first-order valence-corrected chi connectivity index (χ1v) is 8.46. The number of tetrazole rings is 1. The monoisotopic (exact) mass is 359 g/mol. The molecule has 0 fully saturated rings. The van der Waals surface area contributed by atoms with Gasteiger partial charge in [0.05, 0.1) is 24.8 Å². The van der Waals surface area contributed by atoms with Gasteiger partial charge in [0.15, 0.2) is 0 Å². The maximum Gasteiger partial charge on any atom is 0.229 e. The van der Waals surface area contributed by atoms with Crippen LogP contribution in [0.3, 0.4) is 0 Å². The maximum atomic E-state index is 12.4. The second-order valence-electron chi connectivity index (χ2n) is 6.01. The van der Waals surface area contributed by atoms with E-state index in [9.17, 15) is 4.79 Å². The predicted octanol–water partition coefficient (Wildman–Crippen LogP) is 2.09. The van der Waals surface area contributed by atoms with E-state index in [1.165, 1.54) is 6.33 Å². The third-order valence-electron chi connectivity index (χ3n) is 4.07. The fourth-order valence-electron chi connectivity index (χ4n) is 2.74. The second-order valence-corrected chi connectivity index (χ2v) is 6.01. The Morgan fingerprint density at radius 3 is 2.52 bits per heavy atom. The molecule has 4 rings (SSSR count). The van der Waals surface area contributed by atoms with Gasteiger partial charge in [0.1, 0.15) is 12.1 Å². The van der Waals surface area contributed by atoms with Crippen LogP contribution in [0.25, 0.3) is 5.69 Å². The molecule has 0 saturated heterocycles. The van der Waals surface area contributed by atoms with E-state index in [0.717, 1.165) is 16.8 Å². The standard InChI is InChI=1S/C19H17N7O/c27-19(12-15-6-8-17(9-7-15)26-14-20-23-24-26)22-18-10-11-21-25(18)13-16-4-2-1-3-5-16/h1-11,14H,12-13H2,(H,22,27). The van der Waals surface area contributed by atoms with Crippen molar-refractivity contribution in [3.63, 3.8) is 0 Å². The lowest BCUT2D eigenvalue weighted by Gasteiger charge is -2.09. The molecule has 134 valence electrons. The Labute approximate surface area is 155 Å². The van der Waals surface area contributed by atoms with E-state index in [2.05, 4.69) is 25.9 Å². The molecular weight excluding hydrogens is 342 g/mol. The zero-order valence-electron chi connectivity index (χ0n) is 14.4. The third kappa shape index (κ3) is 4.06. The fraction of sp³-hybridized carbons (Fsp3) is 0.105. The fourth-order valence-corrected chi connectivity index (χ4v) is 2.74. The van der Waals surface area contributed by atoms with Gasteiger partial charge in [0.25, 0.3) is 0 Å². The van der Waals surface area contributed by atoms with Crippen molar-refractivity contribution in [3.8, 4) is 5.69 Å². The quantitative estimate of drug-likeness (QED) is 0.569. The average Bonchev–Trinajstić information content (AvgIpc) is 3.36. The Bertz CT molecular complexity index is 1010. The summed E-state index contributed by atoms with van der Waals surface area (Å²) in [4.78, 5) is 12.4. The highest BCUT2D eigenvalue weighted by Crippen LogP contribution is 2.12. The number of anilines is 1. The van der Waals surface area contributed by atoms with Gasteiger partial charge in [-0.3, -0.25) is 4.79 Å². The molecule has 8 heteroatoms. The Morgan fingerprint density at radius 2 is 1.78 bits per heavy atom. The van der Waals surface area contributed by atoms with E-state index in [-0.39, 0.29) is 12.3 Å². The van der Waals surface area contributed by atoms with E-state index >= 15 is 0 Å². The van der Waals surface area contributed by atoms with Gasteiger partial charge in [-0.05, 0) is 33.7 Å². The topological polar surface area (TPSA) is 90.5 Å². The molecule has 0 atom stereocenters. The number of nitrogens with zero attached hydrogens (tertiary/aromatic N) is 6. The summed E-state index contributed by atoms with van der Waals surface area (Å²) in [5.74, 6) is 0.578. The number of amides is 1. The molecule has 0 spiro atoms. The number of carbonyl (C=O) groups is 1. The molecular formula is C19H17N7O. The molecule has 27 heavy (non-hydrogen) atoms. The lowest BCUT2D eigenvalue weighted by Crippen LogP contribution is -2.18. The van der Waals surface area contributed by atoms with E-state index in [1.807, 2.05) is 54.6 Å². The lowest BCUT2D eigenvalue weighted by molar-refractivity contribution is -0.115. The van der Waals surface area contributed by atoms with E-state index < -0.39 is 0 Å². The summed E-state index contributed by atoms with van der Waals surface area (Å²) in [7, 11) is 0. The van der Waals surface area contributed by atoms with Gasteiger partial charge in [-0.25, -0.2) is 9.36 Å². The van der Waals surface area contributed by atoms with Crippen molar-refractivity contribution in [2.75, 3.05) is 5.32 Å². The van der Waals surface area contributed by atoms with E-state index in [1.54, 1.807) is 21.6 Å². The maximum absolute atomic E-state index is 12.4. The van der Waals surface area contributed by atoms with E-state index in [4.69, 9.17) is 0 Å². The first kappa shape index (κ1) is 16.6. The highest BCUT2D eigenvalue weighted by Gasteiger charge is 2.09. The van der Waals surface area contributed by atoms with Crippen LogP contribution >= 0.6 is 0 Å². The number of hydrogen-bond donors (Lipinski definition) is 1. The van der Waals surface area contributed by atoms with Gasteiger partial charge in [0.2, 0.25) is 5.91 Å². The Hall–Kier alpha value is -3.81. The van der Waals surface area contributed by atoms with Crippen molar-refractivity contribution in [2.45, 2.75) is 13.0 Å². The van der Waals surface area contributed by atoms with Crippen LogP contribution in [0.2, 0.25) is 0 Å². The third-order valence-corrected chi connectivity index (χ3v) is 4.07. The van der Waals surface area contributed by atoms with Crippen molar-refractivity contribution in [1.29, 1.82) is 0 Å². The van der Waals surface area contributed by atoms with Crippen molar-refractivity contribution in [3.05, 3.63) is 84.3 Å². The minimum Gasteiger partial charge on any atom is -0.311 e. The van der Waals surface area contributed by atoms with Gasteiger partial charge in [0, 0.05) is 6.07 Å². The lowest BCUT2D eigenvalue weighted by atomic mass is 10.1. The second kappa shape index (κ2) is 7.61. The molecule has 0 aliphatic rings. The number of carbonyl (C=O) groups excluding carboxylic acids is 1. The van der Waals surface area contributed by atoms with Gasteiger partial charge < -0.3 is 5.32 Å². The molecule has 0 bridgehead atoms. The zero-order valence-corrected chi connectivity index (χ0v) is 14.4. The molecule has 2 heterocycles. The highest BCUT2D eigenvalue weighted by atomic mass is 16.1.